The van der Waals surface area contributed by atoms with Gasteiger partial charge >= 0.3 is 6.18 Å². The quantitative estimate of drug-likeness (QED) is 0.331. The average Bonchev–Trinajstić information content (AvgIpc) is 3.53. The van der Waals surface area contributed by atoms with Crippen molar-refractivity contribution in [2.24, 2.45) is 0 Å². The first-order chi connectivity index (χ1) is 17.7. The summed E-state index contributed by atoms with van der Waals surface area (Å²) in [5.41, 5.74) is 2.27. The van der Waals surface area contributed by atoms with Crippen LogP contribution in [0, 0.1) is 6.92 Å². The molecule has 5 rings (SSSR count). The van der Waals surface area contributed by atoms with Crippen molar-refractivity contribution in [1.82, 2.24) is 4.57 Å². The fraction of sp³-hybridized carbons (Fsp3) is 0.259. The Hall–Kier alpha value is -2.53. The second kappa shape index (κ2) is 11.3. The molecule has 4 nitrogen and oxygen atoms in total. The highest BCUT2D eigenvalue weighted by molar-refractivity contribution is 8.08. The van der Waals surface area contributed by atoms with Gasteiger partial charge in [-0.25, -0.2) is 0 Å². The van der Waals surface area contributed by atoms with Crippen molar-refractivity contribution in [2.75, 3.05) is 11.9 Å². The number of nitrogens with zero attached hydrogens (tertiary/aromatic N) is 3. The van der Waals surface area contributed by atoms with E-state index in [0.29, 0.717) is 29.6 Å². The molecular weight excluding hydrogens is 571 g/mol. The zero-order chi connectivity index (χ0) is 26.3. The van der Waals surface area contributed by atoms with E-state index in [0.717, 1.165) is 31.3 Å². The fourth-order valence-corrected chi connectivity index (χ4v) is 7.74. The van der Waals surface area contributed by atoms with E-state index in [4.69, 9.17) is 0 Å². The number of halogens is 4. The molecule has 3 heterocycles. The minimum Gasteiger partial charge on any atom is -1.00 e. The van der Waals surface area contributed by atoms with Gasteiger partial charge in [0, 0.05) is 24.9 Å². The summed E-state index contributed by atoms with van der Waals surface area (Å²) in [7, 11) is 1.99. The molecule has 0 N–H and O–H groups in total. The Morgan fingerprint density at radius 2 is 1.92 bits per heavy atom. The third kappa shape index (κ3) is 5.59. The molecule has 0 unspecified atom stereocenters. The van der Waals surface area contributed by atoms with Gasteiger partial charge in [-0.1, -0.05) is 47.4 Å². The van der Waals surface area contributed by atoms with Crippen LogP contribution in [0.1, 0.15) is 28.6 Å². The summed E-state index contributed by atoms with van der Waals surface area (Å²) in [6.07, 6.45) is 0.0587. The van der Waals surface area contributed by atoms with E-state index in [1.165, 1.54) is 29.0 Å². The first kappa shape index (κ1) is 28.5. The van der Waals surface area contributed by atoms with Crippen LogP contribution in [0.25, 0.3) is 11.1 Å². The van der Waals surface area contributed by atoms with Gasteiger partial charge in [-0.2, -0.15) is 17.7 Å². The van der Waals surface area contributed by atoms with Crippen molar-refractivity contribution in [2.45, 2.75) is 44.4 Å². The molecule has 0 fully saturated rings. The monoisotopic (exact) mass is 595 g/mol. The minimum absolute atomic E-state index is 0. The summed E-state index contributed by atoms with van der Waals surface area (Å²) in [5.74, 6) is 0. The van der Waals surface area contributed by atoms with Gasteiger partial charge in [-0.15, -0.1) is 11.3 Å². The van der Waals surface area contributed by atoms with Crippen molar-refractivity contribution in [3.8, 4) is 0 Å². The topological polar surface area (TPSA) is 29.1 Å². The molecule has 2 aromatic heterocycles. The van der Waals surface area contributed by atoms with Crippen molar-refractivity contribution < 1.29 is 30.1 Å². The third-order valence-corrected chi connectivity index (χ3v) is 9.58. The van der Waals surface area contributed by atoms with Gasteiger partial charge in [0.05, 0.1) is 22.7 Å². The fourth-order valence-electron chi connectivity index (χ4n) is 4.30. The molecule has 0 spiro atoms. The normalized spacial score (nSPS) is 15.1. The number of thiazole rings is 2. The average molecular weight is 596 g/mol. The van der Waals surface area contributed by atoms with Crippen LogP contribution in [0.15, 0.2) is 63.7 Å². The maximum atomic E-state index is 13.4. The van der Waals surface area contributed by atoms with Gasteiger partial charge in [-0.3, -0.25) is 9.36 Å². The second-order valence-corrected chi connectivity index (χ2v) is 11.8. The number of aromatic nitrogens is 2. The molecule has 2 aromatic carbocycles. The van der Waals surface area contributed by atoms with Gasteiger partial charge < -0.3 is 17.3 Å². The Bertz CT molecular complexity index is 1660. The number of benzene rings is 2. The van der Waals surface area contributed by atoms with Gasteiger partial charge in [-0.05, 0) is 43.2 Å². The van der Waals surface area contributed by atoms with Crippen LogP contribution in [0.5, 0.6) is 0 Å². The van der Waals surface area contributed by atoms with Crippen LogP contribution in [0.2, 0.25) is 0 Å². The van der Waals surface area contributed by atoms with E-state index >= 15 is 0 Å². The van der Waals surface area contributed by atoms with E-state index in [1.54, 1.807) is 33.7 Å². The van der Waals surface area contributed by atoms with E-state index in [9.17, 15) is 18.0 Å². The maximum Gasteiger partial charge on any atom is 0.416 e. The van der Waals surface area contributed by atoms with Crippen molar-refractivity contribution >= 4 is 51.2 Å². The first-order valence-corrected chi connectivity index (χ1v) is 14.3. The largest absolute Gasteiger partial charge is 1.00 e. The number of rotatable bonds is 5. The number of anilines is 1. The smallest absolute Gasteiger partial charge is 0.416 e. The molecule has 1 aliphatic heterocycles. The molecule has 0 aliphatic carbocycles. The highest BCUT2D eigenvalue weighted by Crippen LogP contribution is 2.45. The van der Waals surface area contributed by atoms with E-state index in [-0.39, 0.29) is 18.0 Å². The highest BCUT2D eigenvalue weighted by Gasteiger charge is 2.30. The zero-order valence-electron chi connectivity index (χ0n) is 20.9. The van der Waals surface area contributed by atoms with Crippen molar-refractivity contribution in [3.05, 3.63) is 95.3 Å². The van der Waals surface area contributed by atoms with Crippen LogP contribution in [-0.4, -0.2) is 11.6 Å². The molecule has 200 valence electrons. The highest BCUT2D eigenvalue weighted by atomic mass is 35.5. The van der Waals surface area contributed by atoms with Gasteiger partial charge in [0.2, 0.25) is 0 Å². The van der Waals surface area contributed by atoms with Crippen molar-refractivity contribution in [1.29, 1.82) is 0 Å². The molecule has 0 atom stereocenters. The maximum absolute atomic E-state index is 13.4. The molecule has 0 saturated heterocycles. The van der Waals surface area contributed by atoms with Crippen LogP contribution >= 0.6 is 34.4 Å². The van der Waals surface area contributed by atoms with Crippen LogP contribution in [0.3, 0.4) is 0 Å². The van der Waals surface area contributed by atoms with Gasteiger partial charge in [0.25, 0.3) is 10.6 Å². The summed E-state index contributed by atoms with van der Waals surface area (Å²) >= 11 is 4.64. The molecule has 0 amide bonds. The predicted molar refractivity (Wildman–Crippen MR) is 146 cm³/mol. The Kier molecular flexibility index (Phi) is 8.46. The van der Waals surface area contributed by atoms with Gasteiger partial charge in [0.1, 0.15) is 14.2 Å². The van der Waals surface area contributed by atoms with Crippen LogP contribution < -0.4 is 36.6 Å². The predicted octanol–water partition coefficient (Wildman–Crippen LogP) is 1.99. The number of fused-ring (bicyclic) bond motifs is 1. The Labute approximate surface area is 236 Å². The lowest BCUT2D eigenvalue weighted by atomic mass is 10.1. The Balaban J connectivity index is 0.00000336. The molecule has 38 heavy (non-hydrogen) atoms. The lowest BCUT2D eigenvalue weighted by Gasteiger charge is -2.12. The summed E-state index contributed by atoms with van der Waals surface area (Å²) in [4.78, 5) is 16.6. The van der Waals surface area contributed by atoms with E-state index < -0.39 is 11.7 Å². The molecule has 1 aliphatic rings. The molecule has 11 heteroatoms. The number of thioether (sulfide) groups is 1. The summed E-state index contributed by atoms with van der Waals surface area (Å²) < 4.78 is 44.6. The van der Waals surface area contributed by atoms with Gasteiger partial charge in [0.15, 0.2) is 12.7 Å². The van der Waals surface area contributed by atoms with Crippen molar-refractivity contribution in [3.63, 3.8) is 0 Å². The lowest BCUT2D eigenvalue weighted by molar-refractivity contribution is -0.693. The molecule has 0 saturated carbocycles. The minimum atomic E-state index is -4.35. The number of hydrogen-bond acceptors (Lipinski definition) is 5. The van der Waals surface area contributed by atoms with Crippen LogP contribution in [0.4, 0.5) is 18.9 Å². The summed E-state index contributed by atoms with van der Waals surface area (Å²) in [6.45, 7) is 5.10. The van der Waals surface area contributed by atoms with E-state index in [2.05, 4.69) is 30.0 Å². The molecule has 4 aromatic rings. The number of aryl methyl sites for hydroxylation is 3. The van der Waals surface area contributed by atoms with Crippen LogP contribution in [-0.2, 0) is 25.7 Å². The molecular formula is C27H25ClF3N3OS3. The standard InChI is InChI=1S/C27H25F3N3OS3.ClH/c1-4-33-23(37-24(25(33)34)26-31(3)20-9-8-17(2)14-21(20)36-26)16-22-32(12-13-35-22)11-10-18-6-5-7-19(15-18)27(28,29)30;/h5-9,12-16H,4,10-11H2,1-3H3;1H/q+1;/p-1/b26-24+;. The second-order valence-electron chi connectivity index (χ2n) is 8.78. The Morgan fingerprint density at radius 3 is 2.66 bits per heavy atom. The zero-order valence-corrected chi connectivity index (χ0v) is 24.1. The number of alkyl halides is 3. The number of hydrogen-bond donors (Lipinski definition) is 0. The SMILES string of the molecule is CCn1c(=O)/c(=C2\Sc3cc(C)ccc3N2C)s/c1=C\c1scc[n+]1CCc1cccc(C(F)(F)F)c1.[Cl-]. The molecule has 0 radical (unpaired) electrons. The molecule has 0 bridgehead atoms. The lowest BCUT2D eigenvalue weighted by Crippen LogP contribution is -3.00. The van der Waals surface area contributed by atoms with E-state index in [1.807, 2.05) is 36.2 Å². The summed E-state index contributed by atoms with van der Waals surface area (Å²) in [5, 5.41) is 3.83. The first-order valence-electron chi connectivity index (χ1n) is 11.8. The summed E-state index contributed by atoms with van der Waals surface area (Å²) in [6, 6.07) is 11.8. The third-order valence-electron chi connectivity index (χ3n) is 6.27. The Morgan fingerprint density at radius 1 is 1.13 bits per heavy atom.